The molecule has 2 aliphatic heterocycles. The van der Waals surface area contributed by atoms with E-state index in [4.69, 9.17) is 16.3 Å². The van der Waals surface area contributed by atoms with E-state index in [0.717, 1.165) is 50.5 Å². The van der Waals surface area contributed by atoms with Crippen LogP contribution in [0.25, 0.3) is 0 Å². The van der Waals surface area contributed by atoms with Crippen LogP contribution in [0.4, 0.5) is 4.79 Å². The molecule has 0 spiro atoms. The number of amides is 1. The van der Waals surface area contributed by atoms with E-state index >= 15 is 0 Å². The molecule has 2 fully saturated rings. The number of carbonyl (C=O) groups is 1. The number of likely N-dealkylation sites (tertiary alicyclic amines) is 1. The van der Waals surface area contributed by atoms with Crippen LogP contribution in [-0.2, 0) is 11.2 Å². The molecule has 3 rings (SSSR count). The van der Waals surface area contributed by atoms with Crippen LogP contribution in [0, 0.1) is 0 Å². The van der Waals surface area contributed by atoms with Crippen molar-refractivity contribution in [1.29, 1.82) is 0 Å². The second kappa shape index (κ2) is 12.7. The van der Waals surface area contributed by atoms with Gasteiger partial charge in [0.05, 0.1) is 0 Å². The number of benzene rings is 1. The lowest BCUT2D eigenvalue weighted by molar-refractivity contribution is 0.0399. The van der Waals surface area contributed by atoms with Gasteiger partial charge in [-0.1, -0.05) is 36.4 Å². The van der Waals surface area contributed by atoms with Gasteiger partial charge >= 0.3 is 6.09 Å². The largest absolute Gasteiger partial charge is 0.445 e. The number of hydrogen-bond donors (Lipinski definition) is 1. The molecule has 1 aromatic rings. The number of ether oxygens (including phenoxy) is 1. The molecular formula is C21H32Cl3N3O2. The van der Waals surface area contributed by atoms with E-state index in [2.05, 4.69) is 35.9 Å². The van der Waals surface area contributed by atoms with Crippen molar-refractivity contribution in [2.45, 2.75) is 44.3 Å². The summed E-state index contributed by atoms with van der Waals surface area (Å²) < 4.78 is 5.17. The van der Waals surface area contributed by atoms with Crippen LogP contribution in [0.15, 0.2) is 36.9 Å². The Hall–Kier alpha value is -0.980. The second-order valence-electron chi connectivity index (χ2n) is 7.57. The van der Waals surface area contributed by atoms with Crippen LogP contribution in [0.1, 0.15) is 25.3 Å². The monoisotopic (exact) mass is 463 g/mol. The van der Waals surface area contributed by atoms with Crippen LogP contribution in [0.5, 0.6) is 0 Å². The van der Waals surface area contributed by atoms with Crippen LogP contribution in [0.3, 0.4) is 0 Å². The van der Waals surface area contributed by atoms with E-state index in [9.17, 15) is 4.79 Å². The summed E-state index contributed by atoms with van der Waals surface area (Å²) in [6, 6.07) is 9.64. The Kier molecular flexibility index (Phi) is 11.4. The number of piperidine rings is 1. The van der Waals surface area contributed by atoms with Crippen molar-refractivity contribution in [2.24, 2.45) is 0 Å². The van der Waals surface area contributed by atoms with Crippen molar-refractivity contribution in [1.82, 2.24) is 15.1 Å². The minimum atomic E-state index is -0.222. The third kappa shape index (κ3) is 7.34. The van der Waals surface area contributed by atoms with Crippen molar-refractivity contribution in [3.05, 3.63) is 47.5 Å². The predicted molar refractivity (Wildman–Crippen MR) is 124 cm³/mol. The van der Waals surface area contributed by atoms with Gasteiger partial charge in [0.2, 0.25) is 0 Å². The molecule has 1 amide bonds. The summed E-state index contributed by atoms with van der Waals surface area (Å²) in [6.07, 6.45) is 4.38. The number of carbonyl (C=O) groups excluding carboxylic acids is 1. The summed E-state index contributed by atoms with van der Waals surface area (Å²) in [7, 11) is 0. The zero-order valence-corrected chi connectivity index (χ0v) is 19.3. The van der Waals surface area contributed by atoms with E-state index in [0.29, 0.717) is 18.1 Å². The Morgan fingerprint density at radius 3 is 2.55 bits per heavy atom. The molecule has 2 heterocycles. The Labute approximate surface area is 191 Å². The molecule has 0 aromatic heterocycles. The van der Waals surface area contributed by atoms with Crippen molar-refractivity contribution in [2.75, 3.05) is 32.8 Å². The normalized spacial score (nSPS) is 22.9. The Bertz CT molecular complexity index is 637. The molecule has 1 N–H and O–H groups in total. The fourth-order valence-corrected chi connectivity index (χ4v) is 4.24. The van der Waals surface area contributed by atoms with E-state index in [1.807, 2.05) is 17.0 Å². The lowest BCUT2D eigenvalue weighted by Crippen LogP contribution is -2.61. The summed E-state index contributed by atoms with van der Waals surface area (Å²) in [4.78, 5) is 16.5. The smallest absolute Gasteiger partial charge is 0.410 e. The lowest BCUT2D eigenvalue weighted by atomic mass is 9.95. The first-order chi connectivity index (χ1) is 13.1. The van der Waals surface area contributed by atoms with Crippen molar-refractivity contribution < 1.29 is 9.53 Å². The molecule has 1 aromatic carbocycles. The quantitative estimate of drug-likeness (QED) is 0.664. The minimum absolute atomic E-state index is 0. The number of halogens is 3. The molecule has 2 atom stereocenters. The molecule has 0 saturated carbocycles. The van der Waals surface area contributed by atoms with Gasteiger partial charge in [0.15, 0.2) is 0 Å². The van der Waals surface area contributed by atoms with Gasteiger partial charge in [-0.2, -0.15) is 0 Å². The number of piperazine rings is 1. The summed E-state index contributed by atoms with van der Waals surface area (Å²) in [5, 5.41) is 4.40. The fourth-order valence-electron chi connectivity index (χ4n) is 4.12. The Morgan fingerprint density at radius 2 is 1.93 bits per heavy atom. The topological polar surface area (TPSA) is 44.8 Å². The van der Waals surface area contributed by atoms with Gasteiger partial charge in [-0.3, -0.25) is 4.90 Å². The second-order valence-corrected chi connectivity index (χ2v) is 8.01. The first kappa shape index (κ1) is 26.1. The number of nitrogens with one attached hydrogen (secondary N) is 1. The van der Waals surface area contributed by atoms with Gasteiger partial charge in [0.25, 0.3) is 0 Å². The molecule has 164 valence electrons. The van der Waals surface area contributed by atoms with E-state index in [-0.39, 0.29) is 37.5 Å². The molecule has 2 aliphatic rings. The minimum Gasteiger partial charge on any atom is -0.445 e. The Balaban J connectivity index is 0.00000210. The first-order valence-electron chi connectivity index (χ1n) is 9.83. The molecule has 5 nitrogen and oxygen atoms in total. The van der Waals surface area contributed by atoms with Crippen molar-refractivity contribution in [3.8, 4) is 0 Å². The van der Waals surface area contributed by atoms with Crippen LogP contribution in [-0.4, -0.2) is 66.8 Å². The van der Waals surface area contributed by atoms with E-state index in [1.165, 1.54) is 5.56 Å². The zero-order valence-electron chi connectivity index (χ0n) is 16.9. The highest BCUT2D eigenvalue weighted by atomic mass is 35.5. The standard InChI is InChI=1S/C21H30ClN3O2.2ClH/c1-3-12-27-21(26)24-10-8-19(9-11-24)25-15-16(2)23-14-20(25)13-17-4-6-18(22)7-5-17;;/h3-7,16,19-20,23H,1,8-15H2,2H3;2*1H/t16-,20-;;/m0../s1. The van der Waals surface area contributed by atoms with Gasteiger partial charge in [0.1, 0.15) is 6.61 Å². The van der Waals surface area contributed by atoms with E-state index in [1.54, 1.807) is 6.08 Å². The highest BCUT2D eigenvalue weighted by Gasteiger charge is 2.34. The average molecular weight is 465 g/mol. The lowest BCUT2D eigenvalue weighted by Gasteiger charge is -2.46. The molecular weight excluding hydrogens is 433 g/mol. The summed E-state index contributed by atoms with van der Waals surface area (Å²) >= 11 is 6.02. The maximum Gasteiger partial charge on any atom is 0.410 e. The number of nitrogens with zero attached hydrogens (tertiary/aromatic N) is 2. The van der Waals surface area contributed by atoms with E-state index < -0.39 is 0 Å². The molecule has 0 radical (unpaired) electrons. The Morgan fingerprint density at radius 1 is 1.28 bits per heavy atom. The van der Waals surface area contributed by atoms with Crippen molar-refractivity contribution >= 4 is 42.5 Å². The zero-order chi connectivity index (χ0) is 19.2. The molecule has 29 heavy (non-hydrogen) atoms. The fraction of sp³-hybridized carbons (Fsp3) is 0.571. The van der Waals surface area contributed by atoms with Gasteiger partial charge in [0, 0.05) is 49.3 Å². The van der Waals surface area contributed by atoms with Crippen molar-refractivity contribution in [3.63, 3.8) is 0 Å². The highest BCUT2D eigenvalue weighted by Crippen LogP contribution is 2.24. The molecule has 8 heteroatoms. The molecule has 0 bridgehead atoms. The summed E-state index contributed by atoms with van der Waals surface area (Å²) in [5.74, 6) is 0. The SMILES string of the molecule is C=CCOC(=O)N1CCC(N2C[C@H](C)NC[C@@H]2Cc2ccc(Cl)cc2)CC1.Cl.Cl. The van der Waals surface area contributed by atoms with Crippen LogP contribution >= 0.6 is 36.4 Å². The van der Waals surface area contributed by atoms with Gasteiger partial charge in [-0.05, 0) is 43.9 Å². The third-order valence-electron chi connectivity index (χ3n) is 5.56. The summed E-state index contributed by atoms with van der Waals surface area (Å²) in [6.45, 7) is 9.66. The highest BCUT2D eigenvalue weighted by molar-refractivity contribution is 6.30. The molecule has 0 aliphatic carbocycles. The third-order valence-corrected chi connectivity index (χ3v) is 5.81. The molecule has 2 saturated heterocycles. The predicted octanol–water partition coefficient (Wildman–Crippen LogP) is 4.18. The average Bonchev–Trinajstić information content (AvgIpc) is 2.69. The maximum absolute atomic E-state index is 12.0. The summed E-state index contributed by atoms with van der Waals surface area (Å²) in [5.41, 5.74) is 1.32. The van der Waals surface area contributed by atoms with Gasteiger partial charge < -0.3 is 15.0 Å². The van der Waals surface area contributed by atoms with Crippen LogP contribution in [0.2, 0.25) is 5.02 Å². The maximum atomic E-state index is 12.0. The number of rotatable bonds is 5. The molecule has 0 unspecified atom stereocenters. The van der Waals surface area contributed by atoms with Gasteiger partial charge in [-0.15, -0.1) is 24.8 Å². The van der Waals surface area contributed by atoms with Gasteiger partial charge in [-0.25, -0.2) is 4.79 Å². The number of hydrogen-bond acceptors (Lipinski definition) is 4. The van der Waals surface area contributed by atoms with Crippen LogP contribution < -0.4 is 5.32 Å². The first-order valence-corrected chi connectivity index (χ1v) is 10.2.